The summed E-state index contributed by atoms with van der Waals surface area (Å²) in [6.07, 6.45) is 0.800. The number of anilines is 1. The molecule has 0 amide bonds. The zero-order valence-corrected chi connectivity index (χ0v) is 12.1. The third-order valence-corrected chi connectivity index (χ3v) is 3.23. The molecule has 0 bridgehead atoms. The van der Waals surface area contributed by atoms with Crippen molar-refractivity contribution in [1.29, 1.82) is 0 Å². The molecule has 0 radical (unpaired) electrons. The van der Waals surface area contributed by atoms with E-state index in [4.69, 9.17) is 4.74 Å². The first kappa shape index (κ1) is 14.2. The fourth-order valence-electron chi connectivity index (χ4n) is 2.09. The fraction of sp³-hybridized carbons (Fsp3) is 0.333. The van der Waals surface area contributed by atoms with Gasteiger partial charge in [0, 0.05) is 23.9 Å². The van der Waals surface area contributed by atoms with Crippen molar-refractivity contribution < 1.29 is 9.13 Å². The Hall–Kier alpha value is -2.17. The van der Waals surface area contributed by atoms with Crippen LogP contribution in [0, 0.1) is 12.7 Å². The Morgan fingerprint density at radius 1 is 1.30 bits per heavy atom. The number of hydrogen-bond acceptors (Lipinski definition) is 4. The summed E-state index contributed by atoms with van der Waals surface area (Å²) in [6, 6.07) is 4.73. The Morgan fingerprint density at radius 2 is 2.05 bits per heavy atom. The number of benzene rings is 1. The summed E-state index contributed by atoms with van der Waals surface area (Å²) in [5, 5.41) is 3.05. The van der Waals surface area contributed by atoms with Gasteiger partial charge in [0.05, 0.1) is 7.11 Å². The zero-order chi connectivity index (χ0) is 14.7. The predicted octanol–water partition coefficient (Wildman–Crippen LogP) is 3.20. The van der Waals surface area contributed by atoms with E-state index in [9.17, 15) is 4.39 Å². The van der Waals surface area contributed by atoms with Crippen LogP contribution < -0.4 is 10.1 Å². The molecule has 1 heterocycles. The zero-order valence-electron chi connectivity index (χ0n) is 12.1. The summed E-state index contributed by atoms with van der Waals surface area (Å²) in [5.74, 6) is 1.07. The molecule has 1 aromatic heterocycles. The summed E-state index contributed by atoms with van der Waals surface area (Å²) in [6.45, 7) is 4.01. The van der Waals surface area contributed by atoms with Crippen LogP contribution in [0.4, 0.5) is 10.2 Å². The molecule has 0 unspecified atom stereocenters. The van der Waals surface area contributed by atoms with Crippen LogP contribution in [0.5, 0.6) is 5.75 Å². The van der Waals surface area contributed by atoms with E-state index < -0.39 is 5.82 Å². The van der Waals surface area contributed by atoms with Crippen LogP contribution in [-0.2, 0) is 6.42 Å². The average Bonchev–Trinajstić information content (AvgIpc) is 2.47. The Kier molecular flexibility index (Phi) is 4.17. The first-order valence-corrected chi connectivity index (χ1v) is 6.49. The van der Waals surface area contributed by atoms with Gasteiger partial charge in [0.25, 0.3) is 0 Å². The van der Waals surface area contributed by atoms with Gasteiger partial charge in [-0.1, -0.05) is 6.92 Å². The highest BCUT2D eigenvalue weighted by atomic mass is 19.1. The number of methoxy groups -OCH3 is 1. The van der Waals surface area contributed by atoms with Crippen LogP contribution >= 0.6 is 0 Å². The molecule has 0 aliphatic carbocycles. The summed E-state index contributed by atoms with van der Waals surface area (Å²) < 4.78 is 18.7. The minimum absolute atomic E-state index is 0.213. The topological polar surface area (TPSA) is 47.0 Å². The molecule has 0 fully saturated rings. The number of nitrogens with zero attached hydrogens (tertiary/aromatic N) is 2. The van der Waals surface area contributed by atoms with E-state index in [0.717, 1.165) is 23.5 Å². The molecule has 106 valence electrons. The molecular formula is C15H18FN3O. The van der Waals surface area contributed by atoms with Gasteiger partial charge in [0.15, 0.2) is 17.4 Å². The summed E-state index contributed by atoms with van der Waals surface area (Å²) in [5.41, 5.74) is 2.61. The number of nitrogens with one attached hydrogen (secondary N) is 1. The Morgan fingerprint density at radius 3 is 2.60 bits per heavy atom. The van der Waals surface area contributed by atoms with Crippen LogP contribution in [0.15, 0.2) is 18.2 Å². The summed E-state index contributed by atoms with van der Waals surface area (Å²) in [7, 11) is 3.25. The summed E-state index contributed by atoms with van der Waals surface area (Å²) in [4.78, 5) is 8.94. The quantitative estimate of drug-likeness (QED) is 0.930. The summed E-state index contributed by atoms with van der Waals surface area (Å²) >= 11 is 0. The van der Waals surface area contributed by atoms with Gasteiger partial charge in [0.2, 0.25) is 0 Å². The highest BCUT2D eigenvalue weighted by Gasteiger charge is 2.12. The van der Waals surface area contributed by atoms with Gasteiger partial charge in [-0.2, -0.15) is 0 Å². The van der Waals surface area contributed by atoms with Crippen LogP contribution in [0.3, 0.4) is 0 Å². The van der Waals surface area contributed by atoms with Crippen molar-refractivity contribution >= 4 is 5.82 Å². The number of ether oxygens (including phenoxy) is 1. The van der Waals surface area contributed by atoms with Gasteiger partial charge < -0.3 is 10.1 Å². The molecule has 2 rings (SSSR count). The van der Waals surface area contributed by atoms with E-state index >= 15 is 0 Å². The van der Waals surface area contributed by atoms with Gasteiger partial charge in [0.1, 0.15) is 5.82 Å². The minimum atomic E-state index is -0.418. The normalized spacial score (nSPS) is 10.4. The number of halogens is 1. The van der Waals surface area contributed by atoms with E-state index in [1.807, 2.05) is 20.9 Å². The standard InChI is InChI=1S/C15H18FN3O/c1-5-12-9(2)14(17-3)19-15(18-12)10-6-7-13(20-4)11(16)8-10/h6-8H,5H2,1-4H3,(H,17,18,19). The molecule has 0 atom stereocenters. The van der Waals surface area contributed by atoms with Crippen molar-refractivity contribution in [3.05, 3.63) is 35.3 Å². The Labute approximate surface area is 118 Å². The maximum atomic E-state index is 13.8. The van der Waals surface area contributed by atoms with E-state index in [-0.39, 0.29) is 5.75 Å². The lowest BCUT2D eigenvalue weighted by atomic mass is 10.1. The second-order valence-electron chi connectivity index (χ2n) is 4.42. The van der Waals surface area contributed by atoms with Crippen molar-refractivity contribution in [3.8, 4) is 17.1 Å². The number of aromatic nitrogens is 2. The molecule has 1 N–H and O–H groups in total. The van der Waals surface area contributed by atoms with Crippen molar-refractivity contribution in [2.24, 2.45) is 0 Å². The largest absolute Gasteiger partial charge is 0.494 e. The van der Waals surface area contributed by atoms with Crippen LogP contribution in [0.1, 0.15) is 18.2 Å². The number of rotatable bonds is 4. The van der Waals surface area contributed by atoms with Crippen molar-refractivity contribution in [2.45, 2.75) is 20.3 Å². The molecule has 0 saturated carbocycles. The molecule has 5 heteroatoms. The van der Waals surface area contributed by atoms with E-state index in [0.29, 0.717) is 11.4 Å². The maximum absolute atomic E-state index is 13.8. The SMILES string of the molecule is CCc1nc(-c2ccc(OC)c(F)c2)nc(NC)c1C. The molecule has 0 aliphatic rings. The molecule has 0 spiro atoms. The van der Waals surface area contributed by atoms with Gasteiger partial charge in [-0.15, -0.1) is 0 Å². The molecule has 1 aromatic carbocycles. The number of hydrogen-bond donors (Lipinski definition) is 1. The smallest absolute Gasteiger partial charge is 0.165 e. The first-order chi connectivity index (χ1) is 9.60. The monoisotopic (exact) mass is 275 g/mol. The fourth-order valence-corrected chi connectivity index (χ4v) is 2.09. The lowest BCUT2D eigenvalue weighted by Crippen LogP contribution is -2.04. The lowest BCUT2D eigenvalue weighted by Gasteiger charge is -2.11. The van der Waals surface area contributed by atoms with Crippen LogP contribution in [0.25, 0.3) is 11.4 Å². The maximum Gasteiger partial charge on any atom is 0.165 e. The average molecular weight is 275 g/mol. The van der Waals surface area contributed by atoms with Crippen molar-refractivity contribution in [2.75, 3.05) is 19.5 Å². The van der Waals surface area contributed by atoms with E-state index in [1.165, 1.54) is 13.2 Å². The molecular weight excluding hydrogens is 257 g/mol. The van der Waals surface area contributed by atoms with E-state index in [2.05, 4.69) is 15.3 Å². The molecule has 0 saturated heterocycles. The second-order valence-corrected chi connectivity index (χ2v) is 4.42. The van der Waals surface area contributed by atoms with Gasteiger partial charge in [-0.05, 0) is 31.5 Å². The van der Waals surface area contributed by atoms with E-state index in [1.54, 1.807) is 12.1 Å². The molecule has 4 nitrogen and oxygen atoms in total. The van der Waals surface area contributed by atoms with Gasteiger partial charge in [-0.3, -0.25) is 0 Å². The Bertz CT molecular complexity index is 604. The van der Waals surface area contributed by atoms with Gasteiger partial charge >= 0.3 is 0 Å². The van der Waals surface area contributed by atoms with Crippen molar-refractivity contribution in [1.82, 2.24) is 9.97 Å². The number of aryl methyl sites for hydroxylation is 1. The highest BCUT2D eigenvalue weighted by Crippen LogP contribution is 2.26. The molecule has 20 heavy (non-hydrogen) atoms. The lowest BCUT2D eigenvalue weighted by molar-refractivity contribution is 0.386. The third kappa shape index (κ3) is 2.57. The molecule has 0 aliphatic heterocycles. The first-order valence-electron chi connectivity index (χ1n) is 6.49. The van der Waals surface area contributed by atoms with Crippen molar-refractivity contribution in [3.63, 3.8) is 0 Å². The third-order valence-electron chi connectivity index (χ3n) is 3.23. The van der Waals surface area contributed by atoms with Gasteiger partial charge in [-0.25, -0.2) is 14.4 Å². The second kappa shape index (κ2) is 5.86. The molecule has 2 aromatic rings. The van der Waals surface area contributed by atoms with Crippen LogP contribution in [-0.4, -0.2) is 24.1 Å². The van der Waals surface area contributed by atoms with Crippen LogP contribution in [0.2, 0.25) is 0 Å². The highest BCUT2D eigenvalue weighted by molar-refractivity contribution is 5.60. The predicted molar refractivity (Wildman–Crippen MR) is 77.6 cm³/mol. The minimum Gasteiger partial charge on any atom is -0.494 e. The Balaban J connectivity index is 2.54.